The van der Waals surface area contributed by atoms with Crippen molar-refractivity contribution in [1.82, 2.24) is 20.1 Å². The van der Waals surface area contributed by atoms with Crippen LogP contribution in [0.5, 0.6) is 0 Å². The van der Waals surface area contributed by atoms with Crippen molar-refractivity contribution in [1.29, 1.82) is 0 Å². The van der Waals surface area contributed by atoms with Crippen molar-refractivity contribution in [2.24, 2.45) is 7.05 Å². The lowest BCUT2D eigenvalue weighted by Gasteiger charge is -2.00. The topological polar surface area (TPSA) is 59.8 Å². The number of rotatable bonds is 3. The predicted molar refractivity (Wildman–Crippen MR) is 64.2 cm³/mol. The average Bonchev–Trinajstić information content (AvgIpc) is 2.84. The Kier molecular flexibility index (Phi) is 3.35. The standard InChI is InChI=1S/C9H9BrN4OS/c1-14-5-12-7(13-14)4-11-9(15)8-6(10)2-3-16-8/h2-3,5H,4H2,1H3,(H,11,15). The number of carbonyl (C=O) groups excluding carboxylic acids is 1. The fourth-order valence-electron chi connectivity index (χ4n) is 1.16. The summed E-state index contributed by atoms with van der Waals surface area (Å²) >= 11 is 4.70. The van der Waals surface area contributed by atoms with Crippen molar-refractivity contribution >= 4 is 33.2 Å². The fraction of sp³-hybridized carbons (Fsp3) is 0.222. The number of hydrogen-bond donors (Lipinski definition) is 1. The highest BCUT2D eigenvalue weighted by atomic mass is 79.9. The molecule has 1 N–H and O–H groups in total. The molecule has 0 saturated heterocycles. The Hall–Kier alpha value is -1.21. The molecule has 0 unspecified atom stereocenters. The van der Waals surface area contributed by atoms with E-state index in [1.165, 1.54) is 11.3 Å². The van der Waals surface area contributed by atoms with Gasteiger partial charge in [-0.1, -0.05) is 0 Å². The quantitative estimate of drug-likeness (QED) is 0.936. The number of aryl methyl sites for hydroxylation is 1. The molecule has 0 bridgehead atoms. The van der Waals surface area contributed by atoms with Crippen LogP contribution < -0.4 is 5.32 Å². The Morgan fingerprint density at radius 1 is 1.69 bits per heavy atom. The molecule has 84 valence electrons. The Morgan fingerprint density at radius 3 is 3.06 bits per heavy atom. The monoisotopic (exact) mass is 300 g/mol. The number of nitrogens with one attached hydrogen (secondary N) is 1. The van der Waals surface area contributed by atoms with Crippen LogP contribution in [0.25, 0.3) is 0 Å². The molecule has 2 aromatic rings. The summed E-state index contributed by atoms with van der Waals surface area (Å²) in [6, 6.07) is 1.85. The molecule has 0 saturated carbocycles. The number of thiophene rings is 1. The highest BCUT2D eigenvalue weighted by Gasteiger charge is 2.11. The van der Waals surface area contributed by atoms with Crippen LogP contribution in [-0.2, 0) is 13.6 Å². The van der Waals surface area contributed by atoms with E-state index in [1.807, 2.05) is 11.4 Å². The maximum Gasteiger partial charge on any atom is 0.262 e. The zero-order valence-electron chi connectivity index (χ0n) is 8.48. The summed E-state index contributed by atoms with van der Waals surface area (Å²) in [6.45, 7) is 0.337. The first kappa shape index (κ1) is 11.3. The van der Waals surface area contributed by atoms with Crippen LogP contribution in [0, 0.1) is 0 Å². The van der Waals surface area contributed by atoms with Gasteiger partial charge in [0.2, 0.25) is 0 Å². The van der Waals surface area contributed by atoms with Crippen molar-refractivity contribution in [3.8, 4) is 0 Å². The molecule has 0 fully saturated rings. The number of aromatic nitrogens is 3. The Bertz CT molecular complexity index is 507. The highest BCUT2D eigenvalue weighted by Crippen LogP contribution is 2.22. The van der Waals surface area contributed by atoms with Crippen LogP contribution >= 0.6 is 27.3 Å². The van der Waals surface area contributed by atoms with Gasteiger partial charge in [0.05, 0.1) is 6.54 Å². The Morgan fingerprint density at radius 2 is 2.50 bits per heavy atom. The molecule has 5 nitrogen and oxygen atoms in total. The van der Waals surface area contributed by atoms with E-state index in [0.717, 1.165) is 4.47 Å². The number of carbonyl (C=O) groups is 1. The van der Waals surface area contributed by atoms with Crippen molar-refractivity contribution in [2.45, 2.75) is 6.54 Å². The molecule has 0 aliphatic rings. The fourth-order valence-corrected chi connectivity index (χ4v) is 2.63. The molecule has 7 heteroatoms. The third-order valence-electron chi connectivity index (χ3n) is 1.88. The lowest BCUT2D eigenvalue weighted by molar-refractivity contribution is 0.0953. The van der Waals surface area contributed by atoms with Gasteiger partial charge in [0.15, 0.2) is 5.82 Å². The van der Waals surface area contributed by atoms with E-state index in [0.29, 0.717) is 17.2 Å². The molecule has 16 heavy (non-hydrogen) atoms. The molecule has 0 atom stereocenters. The van der Waals surface area contributed by atoms with Gasteiger partial charge in [0, 0.05) is 11.5 Å². The number of hydrogen-bond acceptors (Lipinski definition) is 4. The minimum absolute atomic E-state index is 0.116. The molecular formula is C9H9BrN4OS. The second-order valence-electron chi connectivity index (χ2n) is 3.11. The molecule has 2 aromatic heterocycles. The van der Waals surface area contributed by atoms with Gasteiger partial charge in [-0.05, 0) is 27.4 Å². The van der Waals surface area contributed by atoms with Crippen LogP contribution in [0.1, 0.15) is 15.5 Å². The van der Waals surface area contributed by atoms with E-state index in [2.05, 4.69) is 31.3 Å². The zero-order valence-corrected chi connectivity index (χ0v) is 10.9. The summed E-state index contributed by atoms with van der Waals surface area (Å²) in [4.78, 5) is 16.4. The first-order valence-electron chi connectivity index (χ1n) is 4.52. The number of amides is 1. The van der Waals surface area contributed by atoms with Crippen molar-refractivity contribution in [3.63, 3.8) is 0 Å². The van der Waals surface area contributed by atoms with Crippen LogP contribution in [-0.4, -0.2) is 20.7 Å². The lowest BCUT2D eigenvalue weighted by Crippen LogP contribution is -2.22. The first-order chi connectivity index (χ1) is 7.66. The molecule has 0 spiro atoms. The van der Waals surface area contributed by atoms with Gasteiger partial charge < -0.3 is 5.32 Å². The van der Waals surface area contributed by atoms with Gasteiger partial charge in [-0.3, -0.25) is 9.48 Å². The maximum atomic E-state index is 11.7. The van der Waals surface area contributed by atoms with Gasteiger partial charge in [-0.15, -0.1) is 11.3 Å². The van der Waals surface area contributed by atoms with E-state index < -0.39 is 0 Å². The van der Waals surface area contributed by atoms with Crippen LogP contribution in [0.15, 0.2) is 22.2 Å². The predicted octanol–water partition coefficient (Wildman–Crippen LogP) is 1.57. The van der Waals surface area contributed by atoms with Gasteiger partial charge >= 0.3 is 0 Å². The SMILES string of the molecule is Cn1cnc(CNC(=O)c2sccc2Br)n1. The van der Waals surface area contributed by atoms with Crippen molar-refractivity contribution < 1.29 is 4.79 Å². The zero-order chi connectivity index (χ0) is 11.5. The third kappa shape index (κ3) is 2.48. The molecule has 1 amide bonds. The highest BCUT2D eigenvalue weighted by molar-refractivity contribution is 9.10. The second-order valence-corrected chi connectivity index (χ2v) is 4.89. The van der Waals surface area contributed by atoms with Gasteiger partial charge in [-0.25, -0.2) is 4.98 Å². The van der Waals surface area contributed by atoms with E-state index in [-0.39, 0.29) is 5.91 Å². The molecular weight excluding hydrogens is 292 g/mol. The van der Waals surface area contributed by atoms with Crippen molar-refractivity contribution in [3.05, 3.63) is 32.9 Å². The van der Waals surface area contributed by atoms with Crippen molar-refractivity contribution in [2.75, 3.05) is 0 Å². The van der Waals surface area contributed by atoms with Gasteiger partial charge in [0.1, 0.15) is 11.2 Å². The normalized spacial score (nSPS) is 10.4. The summed E-state index contributed by atoms with van der Waals surface area (Å²) in [6.07, 6.45) is 1.60. The van der Waals surface area contributed by atoms with Gasteiger partial charge in [0.25, 0.3) is 5.91 Å². The van der Waals surface area contributed by atoms with Gasteiger partial charge in [-0.2, -0.15) is 5.10 Å². The van der Waals surface area contributed by atoms with E-state index in [9.17, 15) is 4.79 Å². The Balaban J connectivity index is 1.96. The molecule has 2 rings (SSSR count). The summed E-state index contributed by atoms with van der Waals surface area (Å²) in [5.41, 5.74) is 0. The van der Waals surface area contributed by atoms with E-state index in [1.54, 1.807) is 18.1 Å². The Labute approximate surface area is 105 Å². The minimum Gasteiger partial charge on any atom is -0.344 e. The second kappa shape index (κ2) is 4.75. The maximum absolute atomic E-state index is 11.7. The largest absolute Gasteiger partial charge is 0.344 e. The number of halogens is 1. The molecule has 0 aliphatic heterocycles. The summed E-state index contributed by atoms with van der Waals surface area (Å²) in [5.74, 6) is 0.484. The molecule has 2 heterocycles. The molecule has 0 aliphatic carbocycles. The lowest BCUT2D eigenvalue weighted by atomic mass is 10.4. The summed E-state index contributed by atoms with van der Waals surface area (Å²) < 4.78 is 2.41. The summed E-state index contributed by atoms with van der Waals surface area (Å²) in [5, 5.41) is 8.69. The minimum atomic E-state index is -0.116. The van der Waals surface area contributed by atoms with E-state index >= 15 is 0 Å². The smallest absolute Gasteiger partial charge is 0.262 e. The average molecular weight is 301 g/mol. The number of nitrogens with zero attached hydrogens (tertiary/aromatic N) is 3. The third-order valence-corrected chi connectivity index (χ3v) is 3.71. The van der Waals surface area contributed by atoms with Crippen LogP contribution in [0.2, 0.25) is 0 Å². The molecule has 0 radical (unpaired) electrons. The first-order valence-corrected chi connectivity index (χ1v) is 6.20. The van der Waals surface area contributed by atoms with Crippen LogP contribution in [0.4, 0.5) is 0 Å². The summed E-state index contributed by atoms with van der Waals surface area (Å²) in [7, 11) is 1.79. The van der Waals surface area contributed by atoms with E-state index in [4.69, 9.17) is 0 Å². The molecule has 0 aromatic carbocycles. The van der Waals surface area contributed by atoms with Crippen LogP contribution in [0.3, 0.4) is 0 Å².